The fourth-order valence-corrected chi connectivity index (χ4v) is 2.49. The van der Waals surface area contributed by atoms with Gasteiger partial charge in [0.25, 0.3) is 0 Å². The number of urea groups is 1. The third-order valence-electron chi connectivity index (χ3n) is 2.89. The molecule has 0 spiro atoms. The molecular formula is C15H14N2O3S. The SMILES string of the molecule is O=C(NCc1ccc(-c2ccoc2)o1)NCc1cccs1. The lowest BCUT2D eigenvalue weighted by atomic mass is 10.3. The molecule has 3 aromatic rings. The van der Waals surface area contributed by atoms with E-state index in [0.717, 1.165) is 16.2 Å². The maximum absolute atomic E-state index is 11.7. The minimum Gasteiger partial charge on any atom is -0.472 e. The van der Waals surface area contributed by atoms with E-state index >= 15 is 0 Å². The van der Waals surface area contributed by atoms with Crippen molar-refractivity contribution < 1.29 is 13.6 Å². The van der Waals surface area contributed by atoms with Gasteiger partial charge in [-0.15, -0.1) is 11.3 Å². The Labute approximate surface area is 125 Å². The summed E-state index contributed by atoms with van der Waals surface area (Å²) in [5.74, 6) is 1.41. The molecule has 108 valence electrons. The highest BCUT2D eigenvalue weighted by Crippen LogP contribution is 2.22. The number of hydrogen-bond acceptors (Lipinski definition) is 4. The van der Waals surface area contributed by atoms with Gasteiger partial charge in [0.15, 0.2) is 0 Å². The van der Waals surface area contributed by atoms with Gasteiger partial charge in [-0.3, -0.25) is 0 Å². The molecule has 3 heterocycles. The van der Waals surface area contributed by atoms with Crippen LogP contribution < -0.4 is 10.6 Å². The third-order valence-corrected chi connectivity index (χ3v) is 3.77. The number of carbonyl (C=O) groups is 1. The Bertz CT molecular complexity index is 686. The summed E-state index contributed by atoms with van der Waals surface area (Å²) in [4.78, 5) is 12.8. The second-order valence-corrected chi connectivity index (χ2v) is 5.43. The number of thiophene rings is 1. The first-order chi connectivity index (χ1) is 10.3. The second-order valence-electron chi connectivity index (χ2n) is 4.39. The zero-order chi connectivity index (χ0) is 14.5. The Morgan fingerprint density at radius 2 is 2.05 bits per heavy atom. The van der Waals surface area contributed by atoms with Crippen molar-refractivity contribution in [2.45, 2.75) is 13.1 Å². The van der Waals surface area contributed by atoms with Gasteiger partial charge in [-0.1, -0.05) is 6.07 Å². The molecule has 0 bridgehead atoms. The van der Waals surface area contributed by atoms with Crippen molar-refractivity contribution in [3.05, 3.63) is 58.9 Å². The molecule has 0 radical (unpaired) electrons. The summed E-state index contributed by atoms with van der Waals surface area (Å²) in [5.41, 5.74) is 0.878. The van der Waals surface area contributed by atoms with Crippen LogP contribution in [0.15, 0.2) is 57.1 Å². The van der Waals surface area contributed by atoms with Gasteiger partial charge in [-0.05, 0) is 29.6 Å². The molecule has 21 heavy (non-hydrogen) atoms. The molecule has 0 aliphatic rings. The van der Waals surface area contributed by atoms with Crippen LogP contribution in [-0.4, -0.2) is 6.03 Å². The van der Waals surface area contributed by atoms with Crippen molar-refractivity contribution in [3.8, 4) is 11.3 Å². The quantitative estimate of drug-likeness (QED) is 0.756. The lowest BCUT2D eigenvalue weighted by Crippen LogP contribution is -2.34. The standard InChI is InChI=1S/C15H14N2O3S/c18-15(17-9-13-2-1-7-21-13)16-8-12-3-4-14(20-12)11-5-6-19-10-11/h1-7,10H,8-9H2,(H2,16,17,18). The predicted octanol–water partition coefficient (Wildman–Crippen LogP) is 3.60. The van der Waals surface area contributed by atoms with Gasteiger partial charge in [0.05, 0.1) is 24.9 Å². The summed E-state index contributed by atoms with van der Waals surface area (Å²) in [6, 6.07) is 9.23. The van der Waals surface area contributed by atoms with Crippen molar-refractivity contribution >= 4 is 17.4 Å². The molecule has 5 nitrogen and oxygen atoms in total. The Morgan fingerprint density at radius 3 is 2.81 bits per heavy atom. The number of nitrogens with one attached hydrogen (secondary N) is 2. The first-order valence-electron chi connectivity index (χ1n) is 6.46. The first kappa shape index (κ1) is 13.5. The smallest absolute Gasteiger partial charge is 0.315 e. The molecule has 3 aromatic heterocycles. The largest absolute Gasteiger partial charge is 0.472 e. The van der Waals surface area contributed by atoms with Gasteiger partial charge >= 0.3 is 6.03 Å². The molecule has 0 aliphatic carbocycles. The van der Waals surface area contributed by atoms with Gasteiger partial charge in [-0.25, -0.2) is 4.79 Å². The molecule has 0 fully saturated rings. The van der Waals surface area contributed by atoms with Crippen LogP contribution in [0.4, 0.5) is 4.79 Å². The molecule has 0 aromatic carbocycles. The lowest BCUT2D eigenvalue weighted by Gasteiger charge is -2.05. The molecule has 6 heteroatoms. The van der Waals surface area contributed by atoms with E-state index in [1.165, 1.54) is 0 Å². The van der Waals surface area contributed by atoms with Crippen molar-refractivity contribution in [1.82, 2.24) is 10.6 Å². The van der Waals surface area contributed by atoms with E-state index in [1.807, 2.05) is 35.7 Å². The number of furan rings is 2. The van der Waals surface area contributed by atoms with E-state index in [1.54, 1.807) is 23.9 Å². The molecule has 0 unspecified atom stereocenters. The van der Waals surface area contributed by atoms with Crippen LogP contribution in [-0.2, 0) is 13.1 Å². The average molecular weight is 302 g/mol. The highest BCUT2D eigenvalue weighted by atomic mass is 32.1. The molecule has 2 amide bonds. The first-order valence-corrected chi connectivity index (χ1v) is 7.34. The number of amides is 2. The van der Waals surface area contributed by atoms with Crippen LogP contribution in [0.5, 0.6) is 0 Å². The second kappa shape index (κ2) is 6.32. The van der Waals surface area contributed by atoms with Crippen molar-refractivity contribution in [2.75, 3.05) is 0 Å². The van der Waals surface area contributed by atoms with Gasteiger partial charge in [0, 0.05) is 4.88 Å². The van der Waals surface area contributed by atoms with Crippen molar-refractivity contribution in [1.29, 1.82) is 0 Å². The fraction of sp³-hybridized carbons (Fsp3) is 0.133. The fourth-order valence-electron chi connectivity index (χ4n) is 1.84. The molecule has 0 saturated heterocycles. The van der Waals surface area contributed by atoms with Crippen LogP contribution in [0.3, 0.4) is 0 Å². The van der Waals surface area contributed by atoms with Crippen LogP contribution >= 0.6 is 11.3 Å². The summed E-state index contributed by atoms with van der Waals surface area (Å²) in [7, 11) is 0. The van der Waals surface area contributed by atoms with Gasteiger partial charge in [-0.2, -0.15) is 0 Å². The Hall–Kier alpha value is -2.47. The maximum Gasteiger partial charge on any atom is 0.315 e. The van der Waals surface area contributed by atoms with E-state index in [9.17, 15) is 4.79 Å². The number of hydrogen-bond donors (Lipinski definition) is 2. The normalized spacial score (nSPS) is 10.5. The van der Waals surface area contributed by atoms with Gasteiger partial charge < -0.3 is 19.5 Å². The summed E-state index contributed by atoms with van der Waals surface area (Å²) in [6.07, 6.45) is 3.21. The van der Waals surface area contributed by atoms with E-state index in [-0.39, 0.29) is 6.03 Å². The van der Waals surface area contributed by atoms with E-state index in [4.69, 9.17) is 8.83 Å². The van der Waals surface area contributed by atoms with Gasteiger partial charge in [0.2, 0.25) is 0 Å². The monoisotopic (exact) mass is 302 g/mol. The number of rotatable bonds is 5. The number of carbonyl (C=O) groups excluding carboxylic acids is 1. The molecular weight excluding hydrogens is 288 g/mol. The van der Waals surface area contributed by atoms with E-state index < -0.39 is 0 Å². The van der Waals surface area contributed by atoms with Crippen LogP contribution in [0.2, 0.25) is 0 Å². The molecule has 0 saturated carbocycles. The molecule has 3 rings (SSSR count). The van der Waals surface area contributed by atoms with Crippen LogP contribution in [0, 0.1) is 0 Å². The lowest BCUT2D eigenvalue weighted by molar-refractivity contribution is 0.239. The third kappa shape index (κ3) is 3.55. The Morgan fingerprint density at radius 1 is 1.14 bits per heavy atom. The van der Waals surface area contributed by atoms with Gasteiger partial charge in [0.1, 0.15) is 17.8 Å². The topological polar surface area (TPSA) is 67.4 Å². The summed E-state index contributed by atoms with van der Waals surface area (Å²) >= 11 is 1.61. The highest BCUT2D eigenvalue weighted by Gasteiger charge is 2.07. The summed E-state index contributed by atoms with van der Waals surface area (Å²) < 4.78 is 10.6. The maximum atomic E-state index is 11.7. The van der Waals surface area contributed by atoms with Crippen LogP contribution in [0.1, 0.15) is 10.6 Å². The van der Waals surface area contributed by atoms with Crippen LogP contribution in [0.25, 0.3) is 11.3 Å². The van der Waals surface area contributed by atoms with Crippen molar-refractivity contribution in [3.63, 3.8) is 0 Å². The molecule has 2 N–H and O–H groups in total. The van der Waals surface area contributed by atoms with Crippen molar-refractivity contribution in [2.24, 2.45) is 0 Å². The molecule has 0 aliphatic heterocycles. The zero-order valence-electron chi connectivity index (χ0n) is 11.2. The van der Waals surface area contributed by atoms with E-state index in [0.29, 0.717) is 18.8 Å². The summed E-state index contributed by atoms with van der Waals surface area (Å²) in [5, 5.41) is 7.53. The Balaban J connectivity index is 1.47. The minimum atomic E-state index is -0.218. The zero-order valence-corrected chi connectivity index (χ0v) is 12.0. The minimum absolute atomic E-state index is 0.218. The van der Waals surface area contributed by atoms with E-state index in [2.05, 4.69) is 10.6 Å². The summed E-state index contributed by atoms with van der Waals surface area (Å²) in [6.45, 7) is 0.871. The predicted molar refractivity (Wildman–Crippen MR) is 79.8 cm³/mol. The average Bonchev–Trinajstić information content (AvgIpc) is 3.24. The Kier molecular flexibility index (Phi) is 4.07. The highest BCUT2D eigenvalue weighted by molar-refractivity contribution is 7.09. The molecule has 0 atom stereocenters.